The maximum absolute atomic E-state index is 10.7. The minimum atomic E-state index is 0.217. The van der Waals surface area contributed by atoms with Crippen LogP contribution in [0.25, 0.3) is 0 Å². The summed E-state index contributed by atoms with van der Waals surface area (Å²) in [5.74, 6) is 0.217. The molecule has 2 rings (SSSR count). The molecule has 1 saturated carbocycles. The molecule has 2 heteroatoms. The number of hydrogen-bond acceptors (Lipinski definition) is 2. The van der Waals surface area contributed by atoms with E-state index in [1.807, 2.05) is 18.2 Å². The standard InChI is InChI=1S/C14H18O2/c15-10-13-7-4-8-14(9-13)16-11-12-5-2-1-3-6-12/h1-3,5-6,10,13-14H,4,7-9,11H2. The van der Waals surface area contributed by atoms with Gasteiger partial charge in [0, 0.05) is 5.92 Å². The number of carbonyl (C=O) groups is 1. The van der Waals surface area contributed by atoms with Crippen LogP contribution >= 0.6 is 0 Å². The van der Waals surface area contributed by atoms with E-state index in [9.17, 15) is 4.79 Å². The molecule has 0 spiro atoms. The first-order chi connectivity index (χ1) is 7.88. The van der Waals surface area contributed by atoms with Gasteiger partial charge in [-0.2, -0.15) is 0 Å². The molecule has 0 bridgehead atoms. The van der Waals surface area contributed by atoms with Crippen molar-refractivity contribution in [3.05, 3.63) is 35.9 Å². The first-order valence-corrected chi connectivity index (χ1v) is 5.99. The van der Waals surface area contributed by atoms with E-state index in [4.69, 9.17) is 4.74 Å². The molecule has 1 aromatic carbocycles. The highest BCUT2D eigenvalue weighted by Crippen LogP contribution is 2.25. The lowest BCUT2D eigenvalue weighted by atomic mass is 9.88. The second kappa shape index (κ2) is 5.80. The van der Waals surface area contributed by atoms with E-state index in [0.29, 0.717) is 6.61 Å². The van der Waals surface area contributed by atoms with Crippen molar-refractivity contribution >= 4 is 6.29 Å². The summed E-state index contributed by atoms with van der Waals surface area (Å²) in [5.41, 5.74) is 1.20. The van der Waals surface area contributed by atoms with Crippen LogP contribution in [0.2, 0.25) is 0 Å². The average Bonchev–Trinajstić information content (AvgIpc) is 2.38. The molecule has 0 N–H and O–H groups in total. The number of hydrogen-bond donors (Lipinski definition) is 0. The van der Waals surface area contributed by atoms with E-state index in [2.05, 4.69) is 12.1 Å². The third-order valence-corrected chi connectivity index (χ3v) is 3.19. The molecular formula is C14H18O2. The van der Waals surface area contributed by atoms with Gasteiger partial charge in [0.15, 0.2) is 0 Å². The van der Waals surface area contributed by atoms with Crippen molar-refractivity contribution in [1.82, 2.24) is 0 Å². The first-order valence-electron chi connectivity index (χ1n) is 5.99. The molecular weight excluding hydrogens is 200 g/mol. The summed E-state index contributed by atoms with van der Waals surface area (Å²) in [7, 11) is 0. The van der Waals surface area contributed by atoms with Gasteiger partial charge in [0.25, 0.3) is 0 Å². The lowest BCUT2D eigenvalue weighted by molar-refractivity contribution is -0.113. The average molecular weight is 218 g/mol. The van der Waals surface area contributed by atoms with Crippen LogP contribution in [0, 0.1) is 5.92 Å². The van der Waals surface area contributed by atoms with Gasteiger partial charge < -0.3 is 9.53 Å². The molecule has 86 valence electrons. The quantitative estimate of drug-likeness (QED) is 0.726. The lowest BCUT2D eigenvalue weighted by Crippen LogP contribution is -2.23. The maximum Gasteiger partial charge on any atom is 0.123 e. The minimum Gasteiger partial charge on any atom is -0.374 e. The molecule has 0 heterocycles. The van der Waals surface area contributed by atoms with Gasteiger partial charge in [-0.15, -0.1) is 0 Å². The van der Waals surface area contributed by atoms with Gasteiger partial charge in [0.1, 0.15) is 6.29 Å². The Bertz CT molecular complexity index is 321. The zero-order valence-electron chi connectivity index (χ0n) is 9.47. The normalized spacial score (nSPS) is 25.2. The molecule has 1 aliphatic carbocycles. The first kappa shape index (κ1) is 11.3. The number of rotatable bonds is 4. The molecule has 0 saturated heterocycles. The van der Waals surface area contributed by atoms with Crippen molar-refractivity contribution in [3.63, 3.8) is 0 Å². The van der Waals surface area contributed by atoms with E-state index >= 15 is 0 Å². The van der Waals surface area contributed by atoms with Crippen LogP contribution in [-0.4, -0.2) is 12.4 Å². The van der Waals surface area contributed by atoms with Crippen LogP contribution in [-0.2, 0) is 16.1 Å². The summed E-state index contributed by atoms with van der Waals surface area (Å²) in [5, 5.41) is 0. The molecule has 16 heavy (non-hydrogen) atoms. The number of aldehydes is 1. The third kappa shape index (κ3) is 3.17. The fraction of sp³-hybridized carbons (Fsp3) is 0.500. The third-order valence-electron chi connectivity index (χ3n) is 3.19. The molecule has 1 aliphatic rings. The molecule has 0 aromatic heterocycles. The fourth-order valence-electron chi connectivity index (χ4n) is 2.24. The Hall–Kier alpha value is -1.15. The van der Waals surface area contributed by atoms with Crippen molar-refractivity contribution in [1.29, 1.82) is 0 Å². The van der Waals surface area contributed by atoms with Crippen LogP contribution in [0.4, 0.5) is 0 Å². The summed E-state index contributed by atoms with van der Waals surface area (Å²) in [6.07, 6.45) is 5.49. The van der Waals surface area contributed by atoms with Gasteiger partial charge in [0.05, 0.1) is 12.7 Å². The van der Waals surface area contributed by atoms with E-state index in [0.717, 1.165) is 32.0 Å². The van der Waals surface area contributed by atoms with Crippen molar-refractivity contribution in [2.75, 3.05) is 0 Å². The second-order valence-electron chi connectivity index (χ2n) is 4.48. The van der Waals surface area contributed by atoms with E-state index < -0.39 is 0 Å². The van der Waals surface area contributed by atoms with Gasteiger partial charge in [-0.25, -0.2) is 0 Å². The van der Waals surface area contributed by atoms with Crippen molar-refractivity contribution in [2.24, 2.45) is 5.92 Å². The summed E-state index contributed by atoms with van der Waals surface area (Å²) in [6, 6.07) is 10.2. The van der Waals surface area contributed by atoms with E-state index in [-0.39, 0.29) is 12.0 Å². The van der Waals surface area contributed by atoms with Crippen LogP contribution in [0.3, 0.4) is 0 Å². The Labute approximate surface area is 96.6 Å². The van der Waals surface area contributed by atoms with Gasteiger partial charge >= 0.3 is 0 Å². The van der Waals surface area contributed by atoms with Crippen LogP contribution in [0.15, 0.2) is 30.3 Å². The molecule has 0 aliphatic heterocycles. The van der Waals surface area contributed by atoms with Crippen LogP contribution < -0.4 is 0 Å². The Morgan fingerprint density at radius 2 is 2.06 bits per heavy atom. The molecule has 1 fully saturated rings. The Balaban J connectivity index is 1.79. The number of ether oxygens (including phenoxy) is 1. The van der Waals surface area contributed by atoms with E-state index in [1.165, 1.54) is 5.56 Å². The van der Waals surface area contributed by atoms with Gasteiger partial charge in [-0.05, 0) is 24.8 Å². The maximum atomic E-state index is 10.7. The fourth-order valence-corrected chi connectivity index (χ4v) is 2.24. The van der Waals surface area contributed by atoms with Gasteiger partial charge in [-0.1, -0.05) is 36.8 Å². The van der Waals surface area contributed by atoms with Gasteiger partial charge in [0.2, 0.25) is 0 Å². The predicted molar refractivity (Wildman–Crippen MR) is 63.0 cm³/mol. The summed E-state index contributed by atoms with van der Waals surface area (Å²) in [6.45, 7) is 0.664. The lowest BCUT2D eigenvalue weighted by Gasteiger charge is -2.26. The molecule has 0 radical (unpaired) electrons. The largest absolute Gasteiger partial charge is 0.374 e. The number of carbonyl (C=O) groups excluding carboxylic acids is 1. The molecule has 2 atom stereocenters. The predicted octanol–water partition coefficient (Wildman–Crippen LogP) is 2.96. The smallest absolute Gasteiger partial charge is 0.123 e. The summed E-state index contributed by atoms with van der Waals surface area (Å²) >= 11 is 0. The SMILES string of the molecule is O=CC1CCCC(OCc2ccccc2)C1. The molecule has 1 aromatic rings. The van der Waals surface area contributed by atoms with Crippen molar-refractivity contribution in [2.45, 2.75) is 38.4 Å². The minimum absolute atomic E-state index is 0.217. The molecule has 2 nitrogen and oxygen atoms in total. The Morgan fingerprint density at radius 3 is 2.81 bits per heavy atom. The van der Waals surface area contributed by atoms with Crippen LogP contribution in [0.5, 0.6) is 0 Å². The van der Waals surface area contributed by atoms with Crippen molar-refractivity contribution < 1.29 is 9.53 Å². The van der Waals surface area contributed by atoms with Gasteiger partial charge in [-0.3, -0.25) is 0 Å². The molecule has 2 unspecified atom stereocenters. The topological polar surface area (TPSA) is 26.3 Å². The highest BCUT2D eigenvalue weighted by molar-refractivity contribution is 5.53. The molecule has 0 amide bonds. The monoisotopic (exact) mass is 218 g/mol. The Kier molecular flexibility index (Phi) is 4.11. The zero-order valence-corrected chi connectivity index (χ0v) is 9.47. The van der Waals surface area contributed by atoms with E-state index in [1.54, 1.807) is 0 Å². The Morgan fingerprint density at radius 1 is 1.25 bits per heavy atom. The highest BCUT2D eigenvalue weighted by atomic mass is 16.5. The highest BCUT2D eigenvalue weighted by Gasteiger charge is 2.21. The van der Waals surface area contributed by atoms with Crippen molar-refractivity contribution in [3.8, 4) is 0 Å². The van der Waals surface area contributed by atoms with Crippen LogP contribution in [0.1, 0.15) is 31.2 Å². The summed E-state index contributed by atoms with van der Waals surface area (Å²) < 4.78 is 5.84. The second-order valence-corrected chi connectivity index (χ2v) is 4.48. The number of benzene rings is 1. The zero-order chi connectivity index (χ0) is 11.2. The summed E-state index contributed by atoms with van der Waals surface area (Å²) in [4.78, 5) is 10.7.